The van der Waals surface area contributed by atoms with Crippen LogP contribution in [0.2, 0.25) is 0 Å². The first kappa shape index (κ1) is 14.9. The van der Waals surface area contributed by atoms with E-state index in [1.807, 2.05) is 18.7 Å². The lowest BCUT2D eigenvalue weighted by Gasteiger charge is -2.22. The molecule has 7 heteroatoms. The number of carboxylic acid groups (broad SMARTS) is 1. The molecule has 0 saturated heterocycles. The molecular formula is C12H17N3O4. The van der Waals surface area contributed by atoms with Crippen LogP contribution in [0.15, 0.2) is 12.3 Å². The molecule has 1 aromatic heterocycles. The van der Waals surface area contributed by atoms with Gasteiger partial charge in [0, 0.05) is 19.2 Å². The molecule has 0 spiro atoms. The van der Waals surface area contributed by atoms with Crippen molar-refractivity contribution >= 4 is 17.5 Å². The second kappa shape index (κ2) is 6.67. The highest BCUT2D eigenvalue weighted by Crippen LogP contribution is 2.22. The van der Waals surface area contributed by atoms with Crippen molar-refractivity contribution in [3.8, 4) is 0 Å². The number of unbranched alkanes of at least 4 members (excludes halogenated alkanes) is 1. The number of nitrogens with zero attached hydrogens (tertiary/aromatic N) is 3. The van der Waals surface area contributed by atoms with Crippen LogP contribution in [0, 0.1) is 10.1 Å². The summed E-state index contributed by atoms with van der Waals surface area (Å²) < 4.78 is 0. The third kappa shape index (κ3) is 3.64. The first-order valence-electron chi connectivity index (χ1n) is 6.13. The molecule has 0 saturated carbocycles. The highest BCUT2D eigenvalue weighted by molar-refractivity contribution is 5.94. The van der Waals surface area contributed by atoms with Crippen molar-refractivity contribution in [3.05, 3.63) is 27.9 Å². The molecule has 104 valence electrons. The van der Waals surface area contributed by atoms with Gasteiger partial charge in [0.2, 0.25) is 0 Å². The van der Waals surface area contributed by atoms with Crippen LogP contribution in [0.1, 0.15) is 37.0 Å². The molecule has 0 radical (unpaired) electrons. The maximum Gasteiger partial charge on any atom is 0.339 e. The second-order valence-corrected chi connectivity index (χ2v) is 4.06. The lowest BCUT2D eigenvalue weighted by molar-refractivity contribution is -0.385. The van der Waals surface area contributed by atoms with Crippen LogP contribution in [-0.2, 0) is 0 Å². The smallest absolute Gasteiger partial charge is 0.339 e. The molecular weight excluding hydrogens is 250 g/mol. The van der Waals surface area contributed by atoms with Crippen molar-refractivity contribution in [2.24, 2.45) is 0 Å². The Morgan fingerprint density at radius 3 is 2.68 bits per heavy atom. The van der Waals surface area contributed by atoms with Crippen molar-refractivity contribution < 1.29 is 14.8 Å². The predicted molar refractivity (Wildman–Crippen MR) is 70.6 cm³/mol. The standard InChI is InChI=1S/C12H17N3O4/c1-3-5-6-14(4-2)11-10(12(16)17)7-9(8-13-11)15(18)19/h7-8H,3-6H2,1-2H3,(H,16,17). The van der Waals surface area contributed by atoms with Crippen LogP contribution in [-0.4, -0.2) is 34.1 Å². The van der Waals surface area contributed by atoms with E-state index in [0.717, 1.165) is 25.1 Å². The van der Waals surface area contributed by atoms with E-state index >= 15 is 0 Å². The lowest BCUT2D eigenvalue weighted by atomic mass is 10.2. The van der Waals surface area contributed by atoms with Gasteiger partial charge in [-0.25, -0.2) is 9.78 Å². The molecule has 0 aliphatic rings. The molecule has 0 amide bonds. The minimum absolute atomic E-state index is 0.132. The number of aromatic carboxylic acids is 1. The Hall–Kier alpha value is -2.18. The van der Waals surface area contributed by atoms with Gasteiger partial charge < -0.3 is 10.0 Å². The topological polar surface area (TPSA) is 96.6 Å². The molecule has 1 rings (SSSR count). The third-order valence-corrected chi connectivity index (χ3v) is 2.76. The van der Waals surface area contributed by atoms with Gasteiger partial charge in [-0.15, -0.1) is 0 Å². The van der Waals surface area contributed by atoms with Crippen molar-refractivity contribution in [1.82, 2.24) is 4.98 Å². The van der Waals surface area contributed by atoms with Gasteiger partial charge in [0.1, 0.15) is 17.6 Å². The molecule has 0 aliphatic heterocycles. The van der Waals surface area contributed by atoms with Gasteiger partial charge in [0.05, 0.1) is 4.92 Å². The van der Waals surface area contributed by atoms with Crippen molar-refractivity contribution in [3.63, 3.8) is 0 Å². The molecule has 0 unspecified atom stereocenters. The van der Waals surface area contributed by atoms with E-state index < -0.39 is 10.9 Å². The van der Waals surface area contributed by atoms with Crippen LogP contribution >= 0.6 is 0 Å². The summed E-state index contributed by atoms with van der Waals surface area (Å²) in [5.41, 5.74) is -0.445. The van der Waals surface area contributed by atoms with Crippen molar-refractivity contribution in [2.75, 3.05) is 18.0 Å². The molecule has 0 fully saturated rings. The van der Waals surface area contributed by atoms with Gasteiger partial charge in [-0.2, -0.15) is 0 Å². The first-order chi connectivity index (χ1) is 9.01. The highest BCUT2D eigenvalue weighted by atomic mass is 16.6. The zero-order chi connectivity index (χ0) is 14.4. The van der Waals surface area contributed by atoms with Crippen LogP contribution < -0.4 is 4.90 Å². The first-order valence-corrected chi connectivity index (χ1v) is 6.13. The molecule has 7 nitrogen and oxygen atoms in total. The number of carboxylic acids is 1. The number of anilines is 1. The maximum atomic E-state index is 11.2. The minimum atomic E-state index is -1.21. The Morgan fingerprint density at radius 1 is 1.53 bits per heavy atom. The molecule has 0 aromatic carbocycles. The Kier molecular flexibility index (Phi) is 5.23. The Labute approximate surface area is 111 Å². The molecule has 0 aliphatic carbocycles. The van der Waals surface area contributed by atoms with E-state index in [4.69, 9.17) is 5.11 Å². The monoisotopic (exact) mass is 267 g/mol. The summed E-state index contributed by atoms with van der Waals surface area (Å²) in [7, 11) is 0. The summed E-state index contributed by atoms with van der Waals surface area (Å²) in [6.07, 6.45) is 2.98. The summed E-state index contributed by atoms with van der Waals surface area (Å²) in [6.45, 7) is 5.21. The molecule has 0 atom stereocenters. The number of hydrogen-bond donors (Lipinski definition) is 1. The Morgan fingerprint density at radius 2 is 2.21 bits per heavy atom. The Balaban J connectivity index is 3.17. The number of aromatic nitrogens is 1. The van der Waals surface area contributed by atoms with Crippen LogP contribution in [0.25, 0.3) is 0 Å². The van der Waals surface area contributed by atoms with E-state index in [0.29, 0.717) is 13.1 Å². The molecule has 1 heterocycles. The average Bonchev–Trinajstić information content (AvgIpc) is 2.39. The summed E-state index contributed by atoms with van der Waals surface area (Å²) in [5, 5.41) is 19.8. The number of rotatable bonds is 7. The largest absolute Gasteiger partial charge is 0.478 e. The highest BCUT2D eigenvalue weighted by Gasteiger charge is 2.20. The van der Waals surface area contributed by atoms with E-state index in [1.54, 1.807) is 0 Å². The van der Waals surface area contributed by atoms with Gasteiger partial charge in [-0.1, -0.05) is 13.3 Å². The number of carbonyl (C=O) groups is 1. The van der Waals surface area contributed by atoms with Crippen molar-refractivity contribution in [2.45, 2.75) is 26.7 Å². The van der Waals surface area contributed by atoms with Crippen LogP contribution in [0.3, 0.4) is 0 Å². The number of pyridine rings is 1. The SMILES string of the molecule is CCCCN(CC)c1ncc([N+](=O)[O-])cc1C(=O)O. The average molecular weight is 267 g/mol. The van der Waals surface area contributed by atoms with Gasteiger partial charge in [-0.3, -0.25) is 10.1 Å². The summed E-state index contributed by atoms with van der Waals surface area (Å²) in [5.74, 6) is -0.921. The minimum Gasteiger partial charge on any atom is -0.478 e. The van der Waals surface area contributed by atoms with Gasteiger partial charge in [-0.05, 0) is 13.3 Å². The summed E-state index contributed by atoms with van der Waals surface area (Å²) >= 11 is 0. The number of nitro groups is 1. The van der Waals surface area contributed by atoms with E-state index in [9.17, 15) is 14.9 Å². The Bertz CT molecular complexity index is 476. The molecule has 19 heavy (non-hydrogen) atoms. The molecule has 1 N–H and O–H groups in total. The zero-order valence-electron chi connectivity index (χ0n) is 11.0. The fourth-order valence-electron chi connectivity index (χ4n) is 1.72. The van der Waals surface area contributed by atoms with Crippen molar-refractivity contribution in [1.29, 1.82) is 0 Å². The zero-order valence-corrected chi connectivity index (χ0v) is 11.0. The second-order valence-electron chi connectivity index (χ2n) is 4.06. The summed E-state index contributed by atoms with van der Waals surface area (Å²) in [6, 6.07) is 1.05. The van der Waals surface area contributed by atoms with Gasteiger partial charge in [0.25, 0.3) is 5.69 Å². The normalized spacial score (nSPS) is 10.2. The van der Waals surface area contributed by atoms with Gasteiger partial charge in [0.15, 0.2) is 0 Å². The third-order valence-electron chi connectivity index (χ3n) is 2.76. The fourth-order valence-corrected chi connectivity index (χ4v) is 1.72. The van der Waals surface area contributed by atoms with Crippen LogP contribution in [0.4, 0.5) is 11.5 Å². The van der Waals surface area contributed by atoms with E-state index in [-0.39, 0.29) is 17.1 Å². The van der Waals surface area contributed by atoms with Gasteiger partial charge >= 0.3 is 5.97 Å². The van der Waals surface area contributed by atoms with Crippen LogP contribution in [0.5, 0.6) is 0 Å². The van der Waals surface area contributed by atoms with E-state index in [1.165, 1.54) is 0 Å². The summed E-state index contributed by atoms with van der Waals surface area (Å²) in [4.78, 5) is 27.0. The molecule has 0 bridgehead atoms. The quantitative estimate of drug-likeness (QED) is 0.601. The molecule has 1 aromatic rings. The van der Waals surface area contributed by atoms with E-state index in [2.05, 4.69) is 4.98 Å². The maximum absolute atomic E-state index is 11.2. The fraction of sp³-hybridized carbons (Fsp3) is 0.500. The number of hydrogen-bond acceptors (Lipinski definition) is 5. The predicted octanol–water partition coefficient (Wildman–Crippen LogP) is 2.31. The lowest BCUT2D eigenvalue weighted by Crippen LogP contribution is -2.27.